The van der Waals surface area contributed by atoms with Crippen molar-refractivity contribution in [3.8, 4) is 11.8 Å². The highest BCUT2D eigenvalue weighted by atomic mass is 79.9. The average molecular weight is 550 g/mol. The fourth-order valence-electron chi connectivity index (χ4n) is 2.90. The van der Waals surface area contributed by atoms with Gasteiger partial charge in [0.2, 0.25) is 11.8 Å². The predicted octanol–water partition coefficient (Wildman–Crippen LogP) is 3.90. The molecule has 2 aromatic rings. The lowest BCUT2D eigenvalue weighted by molar-refractivity contribution is -0.185. The van der Waals surface area contributed by atoms with Gasteiger partial charge in [-0.2, -0.15) is 0 Å². The monoisotopic (exact) mass is 548 g/mol. The number of aromatic nitrogens is 2. The number of nitrogens with zero attached hydrogens (tertiary/aromatic N) is 2. The number of hydrogen-bond acceptors (Lipinski definition) is 7. The van der Waals surface area contributed by atoms with E-state index in [1.54, 1.807) is 18.5 Å². The van der Waals surface area contributed by atoms with Crippen LogP contribution in [0.5, 0.6) is 11.8 Å². The Morgan fingerprint density at radius 2 is 1.40 bits per heavy atom. The molecule has 2 aromatic heterocycles. The van der Waals surface area contributed by atoms with E-state index in [-0.39, 0.29) is 13.2 Å². The van der Waals surface area contributed by atoms with Gasteiger partial charge in [-0.3, -0.25) is 0 Å². The lowest BCUT2D eigenvalue weighted by atomic mass is 9.93. The predicted molar refractivity (Wildman–Crippen MR) is 115 cm³/mol. The molecule has 0 bridgehead atoms. The normalized spacial score (nSPS) is 18.3. The average Bonchev–Trinajstić information content (AvgIpc) is 2.68. The molecule has 7 nitrogen and oxygen atoms in total. The van der Waals surface area contributed by atoms with E-state index in [2.05, 4.69) is 41.8 Å². The standard InChI is InChI=1S/C10H11BrFNO2.C10H12BrNO3/c1-2-15-9-8(3-7(11)4-13-9)10(12)5-14-6-10;1-2-15-9-8(3-7(11)4-12-9)10(13)5-14-6-10/h3-4H,2,5-6H2,1H3;3-4,13H,2,5-6H2,1H3. The lowest BCUT2D eigenvalue weighted by Crippen LogP contribution is -2.46. The van der Waals surface area contributed by atoms with Crippen molar-refractivity contribution >= 4 is 31.9 Å². The van der Waals surface area contributed by atoms with Crippen molar-refractivity contribution in [1.29, 1.82) is 0 Å². The van der Waals surface area contributed by atoms with Crippen molar-refractivity contribution in [3.63, 3.8) is 0 Å². The quantitative estimate of drug-likeness (QED) is 0.585. The largest absolute Gasteiger partial charge is 0.478 e. The summed E-state index contributed by atoms with van der Waals surface area (Å²) in [7, 11) is 0. The van der Waals surface area contributed by atoms with E-state index in [1.165, 1.54) is 0 Å². The zero-order valence-corrected chi connectivity index (χ0v) is 19.8. The number of rotatable bonds is 6. The molecule has 4 rings (SSSR count). The summed E-state index contributed by atoms with van der Waals surface area (Å²) in [5.74, 6) is 0.831. The molecule has 2 aliphatic rings. The van der Waals surface area contributed by atoms with Gasteiger partial charge in [0.25, 0.3) is 0 Å². The zero-order valence-electron chi connectivity index (χ0n) is 16.7. The maximum atomic E-state index is 14.1. The Labute approximate surface area is 191 Å². The summed E-state index contributed by atoms with van der Waals surface area (Å²) in [4.78, 5) is 8.18. The van der Waals surface area contributed by atoms with Crippen LogP contribution in [-0.2, 0) is 20.7 Å². The Morgan fingerprint density at radius 3 is 1.80 bits per heavy atom. The fraction of sp³-hybridized carbons (Fsp3) is 0.500. The third-order valence-electron chi connectivity index (χ3n) is 4.53. The molecule has 1 N–H and O–H groups in total. The molecule has 4 heterocycles. The first-order valence-electron chi connectivity index (χ1n) is 9.45. The molecule has 2 fully saturated rings. The van der Waals surface area contributed by atoms with Gasteiger partial charge in [0.1, 0.15) is 5.60 Å². The molecule has 10 heteroatoms. The molecule has 164 valence electrons. The topological polar surface area (TPSA) is 82.9 Å². The lowest BCUT2D eigenvalue weighted by Gasteiger charge is -2.37. The second-order valence-corrected chi connectivity index (χ2v) is 8.69. The van der Waals surface area contributed by atoms with Gasteiger partial charge in [-0.05, 0) is 57.8 Å². The minimum absolute atomic E-state index is 0.0746. The highest BCUT2D eigenvalue weighted by Crippen LogP contribution is 2.39. The first-order chi connectivity index (χ1) is 14.3. The molecular weight excluding hydrogens is 527 g/mol. The maximum absolute atomic E-state index is 14.1. The van der Waals surface area contributed by atoms with Crippen molar-refractivity contribution in [2.24, 2.45) is 0 Å². The molecular formula is C20H23Br2FN2O5. The highest BCUT2D eigenvalue weighted by Gasteiger charge is 2.44. The van der Waals surface area contributed by atoms with Gasteiger partial charge in [-0.15, -0.1) is 0 Å². The van der Waals surface area contributed by atoms with E-state index in [9.17, 15) is 9.50 Å². The Bertz CT molecular complexity index is 807. The number of alkyl halides is 1. The van der Waals surface area contributed by atoms with E-state index >= 15 is 0 Å². The summed E-state index contributed by atoms with van der Waals surface area (Å²) in [5.41, 5.74) is -1.24. The Balaban J connectivity index is 0.000000171. The SMILES string of the molecule is CCOc1ncc(Br)cc1C1(F)COC1.CCOc1ncc(Br)cc1C1(O)COC1. The van der Waals surface area contributed by atoms with E-state index in [4.69, 9.17) is 18.9 Å². The van der Waals surface area contributed by atoms with Crippen molar-refractivity contribution in [3.05, 3.63) is 44.6 Å². The van der Waals surface area contributed by atoms with Crippen LogP contribution in [0.25, 0.3) is 0 Å². The zero-order chi connectivity index (χ0) is 21.8. The van der Waals surface area contributed by atoms with Gasteiger partial charge < -0.3 is 24.1 Å². The van der Waals surface area contributed by atoms with Gasteiger partial charge in [-0.1, -0.05) is 0 Å². The third kappa shape index (κ3) is 5.11. The maximum Gasteiger partial charge on any atom is 0.220 e. The van der Waals surface area contributed by atoms with Crippen LogP contribution in [0.2, 0.25) is 0 Å². The number of pyridine rings is 2. The molecule has 0 amide bonds. The van der Waals surface area contributed by atoms with Crippen molar-refractivity contribution in [1.82, 2.24) is 9.97 Å². The summed E-state index contributed by atoms with van der Waals surface area (Å²) < 4.78 is 36.3. The summed E-state index contributed by atoms with van der Waals surface area (Å²) in [6, 6.07) is 3.51. The Hall–Kier alpha value is -1.33. The molecule has 0 unspecified atom stereocenters. The molecule has 2 saturated heterocycles. The summed E-state index contributed by atoms with van der Waals surface area (Å²) in [6.45, 7) is 5.47. The van der Waals surface area contributed by atoms with Crippen LogP contribution in [0.3, 0.4) is 0 Å². The van der Waals surface area contributed by atoms with E-state index in [1.807, 2.05) is 19.9 Å². The van der Waals surface area contributed by atoms with Crippen LogP contribution in [0.15, 0.2) is 33.5 Å². The van der Waals surface area contributed by atoms with Gasteiger partial charge in [0.15, 0.2) is 5.67 Å². The summed E-state index contributed by atoms with van der Waals surface area (Å²) in [6.07, 6.45) is 3.24. The summed E-state index contributed by atoms with van der Waals surface area (Å²) >= 11 is 6.59. The minimum Gasteiger partial charge on any atom is -0.478 e. The van der Waals surface area contributed by atoms with Crippen LogP contribution >= 0.6 is 31.9 Å². The van der Waals surface area contributed by atoms with Gasteiger partial charge >= 0.3 is 0 Å². The van der Waals surface area contributed by atoms with Crippen LogP contribution in [-0.4, -0.2) is 54.7 Å². The Kier molecular flexibility index (Phi) is 7.67. The van der Waals surface area contributed by atoms with Crippen LogP contribution < -0.4 is 9.47 Å². The van der Waals surface area contributed by atoms with Gasteiger partial charge in [0, 0.05) is 21.3 Å². The van der Waals surface area contributed by atoms with E-state index in [0.29, 0.717) is 49.3 Å². The van der Waals surface area contributed by atoms with Crippen LogP contribution in [0, 0.1) is 0 Å². The second kappa shape index (κ2) is 9.86. The number of hydrogen-bond donors (Lipinski definition) is 1. The second-order valence-electron chi connectivity index (χ2n) is 6.86. The minimum atomic E-state index is -1.44. The summed E-state index contributed by atoms with van der Waals surface area (Å²) in [5, 5.41) is 10.1. The smallest absolute Gasteiger partial charge is 0.220 e. The molecule has 2 aliphatic heterocycles. The van der Waals surface area contributed by atoms with Crippen LogP contribution in [0.4, 0.5) is 4.39 Å². The first-order valence-corrected chi connectivity index (χ1v) is 11.0. The van der Waals surface area contributed by atoms with Gasteiger partial charge in [0.05, 0.1) is 50.8 Å². The van der Waals surface area contributed by atoms with Crippen molar-refractivity contribution in [2.45, 2.75) is 25.1 Å². The molecule has 0 aromatic carbocycles. The van der Waals surface area contributed by atoms with Crippen molar-refractivity contribution < 1.29 is 28.4 Å². The molecule has 30 heavy (non-hydrogen) atoms. The number of aliphatic hydroxyl groups is 1. The van der Waals surface area contributed by atoms with Crippen molar-refractivity contribution in [2.75, 3.05) is 39.6 Å². The van der Waals surface area contributed by atoms with Gasteiger partial charge in [-0.25, -0.2) is 14.4 Å². The molecule has 0 spiro atoms. The number of ether oxygens (including phenoxy) is 4. The van der Waals surface area contributed by atoms with Crippen LogP contribution in [0.1, 0.15) is 25.0 Å². The Morgan fingerprint density at radius 1 is 0.933 bits per heavy atom. The van der Waals surface area contributed by atoms with E-state index < -0.39 is 11.3 Å². The highest BCUT2D eigenvalue weighted by molar-refractivity contribution is 9.10. The van der Waals surface area contributed by atoms with E-state index in [0.717, 1.165) is 8.95 Å². The molecule has 0 atom stereocenters. The number of halogens is 3. The fourth-order valence-corrected chi connectivity index (χ4v) is 3.56. The first kappa shape index (κ1) is 23.3. The third-order valence-corrected chi connectivity index (χ3v) is 5.39. The molecule has 0 radical (unpaired) electrons. The molecule has 0 aliphatic carbocycles. The molecule has 0 saturated carbocycles.